The Morgan fingerprint density at radius 1 is 1.08 bits per heavy atom. The summed E-state index contributed by atoms with van der Waals surface area (Å²) in [5.41, 5.74) is 16.8. The maximum atomic E-state index is 12.5. The lowest BCUT2D eigenvalue weighted by Gasteiger charge is -2.20. The maximum Gasteiger partial charge on any atom is 0.394 e. The van der Waals surface area contributed by atoms with Crippen molar-refractivity contribution in [3.8, 4) is 0 Å². The summed E-state index contributed by atoms with van der Waals surface area (Å²) in [5, 5.41) is 0. The van der Waals surface area contributed by atoms with E-state index >= 15 is 0 Å². The highest BCUT2D eigenvalue weighted by Crippen LogP contribution is 2.26. The molecule has 0 aliphatic rings. The summed E-state index contributed by atoms with van der Waals surface area (Å²) >= 11 is 0. The first-order valence-corrected chi connectivity index (χ1v) is 8.01. The molecule has 1 amide bonds. The number of nitrogens with two attached hydrogens (primary N) is 3. The molecule has 0 radical (unpaired) electrons. The third-order valence-corrected chi connectivity index (χ3v) is 3.81. The van der Waals surface area contributed by atoms with E-state index in [4.69, 9.17) is 17.2 Å². The monoisotopic (exact) mass is 370 g/mol. The molecule has 0 fully saturated rings. The van der Waals surface area contributed by atoms with E-state index in [0.717, 1.165) is 11.1 Å². The molecule has 6 N–H and O–H groups in total. The highest BCUT2D eigenvalue weighted by molar-refractivity contribution is 6.20. The van der Waals surface area contributed by atoms with Crippen LogP contribution in [0.5, 0.6) is 0 Å². The lowest BCUT2D eigenvalue weighted by Crippen LogP contribution is -2.31. The number of hydrogen-bond donors (Lipinski definition) is 3. The largest absolute Gasteiger partial charge is 0.401 e. The van der Waals surface area contributed by atoms with Gasteiger partial charge in [-0.1, -0.05) is 45.0 Å². The van der Waals surface area contributed by atoms with Gasteiger partial charge in [0, 0.05) is 5.70 Å². The number of hydrogen-bond acceptors (Lipinski definition) is 3. The molecule has 1 aromatic rings. The third-order valence-electron chi connectivity index (χ3n) is 3.81. The number of nitrogens with zero attached hydrogens (tertiary/aromatic N) is 1. The Hall–Kier alpha value is -2.51. The van der Waals surface area contributed by atoms with Crippen molar-refractivity contribution < 1.29 is 18.0 Å². The molecule has 1 atom stereocenters. The SMILES string of the molecule is CC(N=C(N)C(C(N)=O)=C(N)CC(F)(F)F)c1ccc(C(C)(C)C)cc1. The van der Waals surface area contributed by atoms with E-state index in [1.165, 1.54) is 0 Å². The van der Waals surface area contributed by atoms with Crippen LogP contribution in [-0.2, 0) is 10.2 Å². The molecular weight excluding hydrogens is 345 g/mol. The molecule has 0 heterocycles. The van der Waals surface area contributed by atoms with E-state index in [0.29, 0.717) is 0 Å². The number of amides is 1. The van der Waals surface area contributed by atoms with Crippen LogP contribution in [0.15, 0.2) is 40.5 Å². The first-order valence-electron chi connectivity index (χ1n) is 8.01. The van der Waals surface area contributed by atoms with Gasteiger partial charge >= 0.3 is 6.18 Å². The molecule has 0 saturated carbocycles. The van der Waals surface area contributed by atoms with Crippen LogP contribution < -0.4 is 17.2 Å². The number of allylic oxidation sites excluding steroid dienone is 1. The minimum Gasteiger partial charge on any atom is -0.401 e. The number of halogens is 3. The zero-order valence-corrected chi connectivity index (χ0v) is 15.3. The molecule has 0 spiro atoms. The summed E-state index contributed by atoms with van der Waals surface area (Å²) in [6, 6.07) is 7.11. The number of benzene rings is 1. The minimum absolute atomic E-state index is 0.0159. The fourth-order valence-corrected chi connectivity index (χ4v) is 2.36. The van der Waals surface area contributed by atoms with Crippen molar-refractivity contribution in [2.24, 2.45) is 22.2 Å². The van der Waals surface area contributed by atoms with Crippen molar-refractivity contribution in [2.75, 3.05) is 0 Å². The van der Waals surface area contributed by atoms with Crippen LogP contribution in [0.1, 0.15) is 51.3 Å². The Kier molecular flexibility index (Phi) is 6.46. The summed E-state index contributed by atoms with van der Waals surface area (Å²) in [7, 11) is 0. The number of aliphatic imine (C=N–C) groups is 1. The van der Waals surface area contributed by atoms with E-state index in [2.05, 4.69) is 25.8 Å². The predicted octanol–water partition coefficient (Wildman–Crippen LogP) is 3.05. The van der Waals surface area contributed by atoms with Gasteiger partial charge in [0.05, 0.1) is 18.0 Å². The summed E-state index contributed by atoms with van der Waals surface area (Å²) in [6.45, 7) is 7.94. The molecule has 1 aromatic carbocycles. The van der Waals surface area contributed by atoms with Crippen LogP contribution in [-0.4, -0.2) is 17.9 Å². The summed E-state index contributed by atoms with van der Waals surface area (Å²) in [4.78, 5) is 15.6. The van der Waals surface area contributed by atoms with Gasteiger partial charge in [-0.25, -0.2) is 0 Å². The average molecular weight is 370 g/mol. The van der Waals surface area contributed by atoms with Crippen LogP contribution >= 0.6 is 0 Å². The summed E-state index contributed by atoms with van der Waals surface area (Å²) in [6.07, 6.45) is -6.07. The van der Waals surface area contributed by atoms with E-state index in [1.807, 2.05) is 24.3 Å². The van der Waals surface area contributed by atoms with Gasteiger partial charge in [0.15, 0.2) is 0 Å². The van der Waals surface area contributed by atoms with Crippen molar-refractivity contribution in [3.63, 3.8) is 0 Å². The highest BCUT2D eigenvalue weighted by atomic mass is 19.4. The van der Waals surface area contributed by atoms with Crippen LogP contribution in [0.3, 0.4) is 0 Å². The zero-order chi connectivity index (χ0) is 20.3. The maximum absolute atomic E-state index is 12.5. The van der Waals surface area contributed by atoms with Gasteiger partial charge in [-0.05, 0) is 23.5 Å². The number of amidine groups is 1. The van der Waals surface area contributed by atoms with Crippen molar-refractivity contribution in [1.29, 1.82) is 0 Å². The standard InChI is InChI=1S/C18H25F3N4O/c1-10(11-5-7-12(8-6-11)17(2,3)4)25-15(23)14(16(24)26)13(22)9-18(19,20)21/h5-8,10H,9,22H2,1-4H3,(H2,23,25)(H2,24,26). The molecule has 0 aromatic heterocycles. The van der Waals surface area contributed by atoms with Crippen LogP contribution in [0, 0.1) is 0 Å². The molecular formula is C18H25F3N4O. The van der Waals surface area contributed by atoms with Crippen molar-refractivity contribution in [3.05, 3.63) is 46.7 Å². The first-order chi connectivity index (χ1) is 11.7. The summed E-state index contributed by atoms with van der Waals surface area (Å²) < 4.78 is 37.5. The Balaban J connectivity index is 3.16. The second-order valence-corrected chi connectivity index (χ2v) is 7.12. The number of carbonyl (C=O) groups is 1. The number of alkyl halides is 3. The van der Waals surface area contributed by atoms with Gasteiger partial charge in [-0.2, -0.15) is 13.2 Å². The molecule has 5 nitrogen and oxygen atoms in total. The Labute approximate surface area is 151 Å². The van der Waals surface area contributed by atoms with Gasteiger partial charge in [0.1, 0.15) is 5.84 Å². The van der Waals surface area contributed by atoms with Crippen molar-refractivity contribution in [1.82, 2.24) is 0 Å². The predicted molar refractivity (Wildman–Crippen MR) is 96.3 cm³/mol. The van der Waals surface area contributed by atoms with Crippen molar-refractivity contribution in [2.45, 2.75) is 51.7 Å². The molecule has 0 bridgehead atoms. The molecule has 1 unspecified atom stereocenters. The fraction of sp³-hybridized carbons (Fsp3) is 0.444. The Bertz CT molecular complexity index is 713. The van der Waals surface area contributed by atoms with Gasteiger partial charge in [0.25, 0.3) is 5.91 Å². The molecule has 26 heavy (non-hydrogen) atoms. The molecule has 0 saturated heterocycles. The second kappa shape index (κ2) is 7.80. The fourth-order valence-electron chi connectivity index (χ4n) is 2.36. The highest BCUT2D eigenvalue weighted by Gasteiger charge is 2.31. The number of primary amides is 1. The normalized spacial score (nSPS) is 15.4. The van der Waals surface area contributed by atoms with Gasteiger partial charge in [-0.3, -0.25) is 9.79 Å². The lowest BCUT2D eigenvalue weighted by molar-refractivity contribution is -0.127. The average Bonchev–Trinajstić information content (AvgIpc) is 2.43. The Morgan fingerprint density at radius 2 is 1.58 bits per heavy atom. The van der Waals surface area contributed by atoms with Gasteiger partial charge < -0.3 is 17.2 Å². The number of carbonyl (C=O) groups excluding carboxylic acids is 1. The molecule has 8 heteroatoms. The van der Waals surface area contributed by atoms with E-state index in [9.17, 15) is 18.0 Å². The third kappa shape index (κ3) is 6.09. The Morgan fingerprint density at radius 3 is 1.96 bits per heavy atom. The van der Waals surface area contributed by atoms with Crippen LogP contribution in [0.4, 0.5) is 13.2 Å². The van der Waals surface area contributed by atoms with Gasteiger partial charge in [-0.15, -0.1) is 0 Å². The molecule has 1 rings (SSSR count). The van der Waals surface area contributed by atoms with E-state index < -0.39 is 41.7 Å². The smallest absolute Gasteiger partial charge is 0.394 e. The zero-order valence-electron chi connectivity index (χ0n) is 15.3. The summed E-state index contributed by atoms with van der Waals surface area (Å²) in [5.74, 6) is -1.56. The molecule has 144 valence electrons. The van der Waals surface area contributed by atoms with Gasteiger partial charge in [0.2, 0.25) is 0 Å². The second-order valence-electron chi connectivity index (χ2n) is 7.12. The first kappa shape index (κ1) is 21.5. The lowest BCUT2D eigenvalue weighted by atomic mass is 9.86. The van der Waals surface area contributed by atoms with Crippen LogP contribution in [0.25, 0.3) is 0 Å². The molecule has 0 aliphatic carbocycles. The molecule has 0 aliphatic heterocycles. The van der Waals surface area contributed by atoms with E-state index in [1.54, 1.807) is 6.92 Å². The van der Waals surface area contributed by atoms with Crippen molar-refractivity contribution >= 4 is 11.7 Å². The topological polar surface area (TPSA) is 107 Å². The van der Waals surface area contributed by atoms with E-state index in [-0.39, 0.29) is 5.41 Å². The van der Waals surface area contributed by atoms with Crippen LogP contribution in [0.2, 0.25) is 0 Å². The quantitative estimate of drug-likeness (QED) is 0.421. The number of rotatable bonds is 5. The minimum atomic E-state index is -4.58.